The van der Waals surface area contributed by atoms with Gasteiger partial charge in [0.2, 0.25) is 5.88 Å². The lowest BCUT2D eigenvalue weighted by molar-refractivity contribution is -0.385. The fourth-order valence-corrected chi connectivity index (χ4v) is 3.30. The van der Waals surface area contributed by atoms with E-state index >= 15 is 0 Å². The van der Waals surface area contributed by atoms with Crippen LogP contribution >= 0.6 is 11.6 Å². The summed E-state index contributed by atoms with van der Waals surface area (Å²) in [6, 6.07) is 16.1. The van der Waals surface area contributed by atoms with Crippen LogP contribution in [0, 0.1) is 10.1 Å². The molecular weight excluding hydrogens is 368 g/mol. The Hall–Kier alpha value is -3.12. The molecule has 1 aromatic heterocycles. The summed E-state index contributed by atoms with van der Waals surface area (Å²) in [4.78, 5) is 14.1. The molecule has 2 heterocycles. The molecule has 0 fully saturated rings. The summed E-state index contributed by atoms with van der Waals surface area (Å²) in [6.45, 7) is 0. The van der Waals surface area contributed by atoms with Crippen LogP contribution in [0.1, 0.15) is 23.7 Å². The van der Waals surface area contributed by atoms with Gasteiger partial charge in [0.1, 0.15) is 23.8 Å². The monoisotopic (exact) mass is 382 g/mol. The van der Waals surface area contributed by atoms with Crippen LogP contribution < -0.4 is 9.47 Å². The third-order valence-corrected chi connectivity index (χ3v) is 4.73. The Morgan fingerprint density at radius 3 is 2.78 bits per heavy atom. The van der Waals surface area contributed by atoms with Crippen LogP contribution in [0.25, 0.3) is 0 Å². The van der Waals surface area contributed by atoms with Crippen molar-refractivity contribution < 1.29 is 14.4 Å². The summed E-state index contributed by atoms with van der Waals surface area (Å²) in [5.74, 6) is 1.70. The van der Waals surface area contributed by atoms with Gasteiger partial charge in [0.05, 0.1) is 4.92 Å². The molecule has 3 aromatic rings. The number of halogens is 1. The molecule has 1 aliphatic heterocycles. The van der Waals surface area contributed by atoms with Crippen molar-refractivity contribution in [3.8, 4) is 17.4 Å². The molecule has 0 saturated heterocycles. The molecular formula is C20H15ClN2O4. The number of benzene rings is 2. The SMILES string of the molecule is O=[N+]([O-])c1ccc(Oc2ccc3c(c2)CCC(c2ccccc2Cl)O3)nc1. The van der Waals surface area contributed by atoms with Crippen molar-refractivity contribution in [1.82, 2.24) is 4.98 Å². The topological polar surface area (TPSA) is 74.5 Å². The molecule has 0 N–H and O–H groups in total. The van der Waals surface area contributed by atoms with E-state index in [1.54, 1.807) is 6.07 Å². The number of aromatic nitrogens is 1. The van der Waals surface area contributed by atoms with E-state index < -0.39 is 4.92 Å². The largest absolute Gasteiger partial charge is 0.485 e. The summed E-state index contributed by atoms with van der Waals surface area (Å²) in [5, 5.41) is 11.4. The van der Waals surface area contributed by atoms with E-state index in [1.807, 2.05) is 36.4 Å². The van der Waals surface area contributed by atoms with E-state index in [2.05, 4.69) is 4.98 Å². The number of aryl methyl sites for hydroxylation is 1. The van der Waals surface area contributed by atoms with E-state index in [9.17, 15) is 10.1 Å². The molecule has 1 aliphatic rings. The van der Waals surface area contributed by atoms with Crippen LogP contribution in [0.3, 0.4) is 0 Å². The zero-order chi connectivity index (χ0) is 18.8. The maximum Gasteiger partial charge on any atom is 0.287 e. The molecule has 0 radical (unpaired) electrons. The Balaban J connectivity index is 1.50. The molecule has 0 spiro atoms. The van der Waals surface area contributed by atoms with Gasteiger partial charge in [-0.3, -0.25) is 10.1 Å². The van der Waals surface area contributed by atoms with Crippen LogP contribution in [0.4, 0.5) is 5.69 Å². The fourth-order valence-electron chi connectivity index (χ4n) is 3.05. The first kappa shape index (κ1) is 17.3. The molecule has 7 heteroatoms. The van der Waals surface area contributed by atoms with Gasteiger partial charge in [0.15, 0.2) is 0 Å². The number of rotatable bonds is 4. The summed E-state index contributed by atoms with van der Waals surface area (Å²) >= 11 is 6.28. The average Bonchev–Trinajstić information content (AvgIpc) is 2.68. The Bertz CT molecular complexity index is 992. The van der Waals surface area contributed by atoms with Crippen LogP contribution in [0.5, 0.6) is 17.4 Å². The predicted molar refractivity (Wildman–Crippen MR) is 101 cm³/mol. The molecule has 2 aromatic carbocycles. The predicted octanol–water partition coefficient (Wildman–Crippen LogP) is 5.50. The molecule has 136 valence electrons. The van der Waals surface area contributed by atoms with Gasteiger partial charge in [-0.2, -0.15) is 0 Å². The first-order valence-corrected chi connectivity index (χ1v) is 8.80. The number of fused-ring (bicyclic) bond motifs is 1. The summed E-state index contributed by atoms with van der Waals surface area (Å²) < 4.78 is 11.8. The van der Waals surface area contributed by atoms with Crippen molar-refractivity contribution in [2.75, 3.05) is 0 Å². The van der Waals surface area contributed by atoms with E-state index in [0.29, 0.717) is 16.7 Å². The van der Waals surface area contributed by atoms with Crippen molar-refractivity contribution in [1.29, 1.82) is 0 Å². The van der Waals surface area contributed by atoms with Crippen molar-refractivity contribution in [3.63, 3.8) is 0 Å². The molecule has 1 atom stereocenters. The highest BCUT2D eigenvalue weighted by Crippen LogP contribution is 2.39. The Morgan fingerprint density at radius 1 is 1.19 bits per heavy atom. The Morgan fingerprint density at radius 2 is 2.04 bits per heavy atom. The first-order chi connectivity index (χ1) is 13.1. The van der Waals surface area contributed by atoms with Crippen molar-refractivity contribution in [3.05, 3.63) is 87.1 Å². The third-order valence-electron chi connectivity index (χ3n) is 4.38. The number of ether oxygens (including phenoxy) is 2. The Labute approximate surface area is 160 Å². The second-order valence-corrected chi connectivity index (χ2v) is 6.56. The minimum atomic E-state index is -0.498. The minimum Gasteiger partial charge on any atom is -0.485 e. The van der Waals surface area contributed by atoms with E-state index in [4.69, 9.17) is 21.1 Å². The van der Waals surface area contributed by atoms with Gasteiger partial charge in [-0.1, -0.05) is 29.8 Å². The smallest absolute Gasteiger partial charge is 0.287 e. The second kappa shape index (κ2) is 7.25. The molecule has 4 rings (SSSR count). The minimum absolute atomic E-state index is 0.0747. The number of nitro groups is 1. The second-order valence-electron chi connectivity index (χ2n) is 6.15. The molecule has 1 unspecified atom stereocenters. The zero-order valence-electron chi connectivity index (χ0n) is 14.2. The molecule has 0 bridgehead atoms. The van der Waals surface area contributed by atoms with Gasteiger partial charge in [0.25, 0.3) is 5.69 Å². The molecule has 0 saturated carbocycles. The first-order valence-electron chi connectivity index (χ1n) is 8.42. The van der Waals surface area contributed by atoms with Crippen molar-refractivity contribution in [2.24, 2.45) is 0 Å². The van der Waals surface area contributed by atoms with Crippen LogP contribution in [0.2, 0.25) is 5.02 Å². The molecule has 6 nitrogen and oxygen atoms in total. The van der Waals surface area contributed by atoms with E-state index in [-0.39, 0.29) is 11.8 Å². The summed E-state index contributed by atoms with van der Waals surface area (Å²) in [6.07, 6.45) is 2.74. The normalized spacial score (nSPS) is 15.5. The maximum atomic E-state index is 10.7. The Kier molecular flexibility index (Phi) is 4.64. The van der Waals surface area contributed by atoms with Gasteiger partial charge in [0, 0.05) is 22.7 Å². The lowest BCUT2D eigenvalue weighted by Gasteiger charge is -2.27. The van der Waals surface area contributed by atoms with E-state index in [1.165, 1.54) is 18.3 Å². The van der Waals surface area contributed by atoms with Crippen LogP contribution in [-0.4, -0.2) is 9.91 Å². The van der Waals surface area contributed by atoms with Gasteiger partial charge < -0.3 is 9.47 Å². The van der Waals surface area contributed by atoms with Crippen LogP contribution in [0.15, 0.2) is 60.8 Å². The number of hydrogen-bond acceptors (Lipinski definition) is 5. The number of nitrogens with zero attached hydrogens (tertiary/aromatic N) is 2. The highest BCUT2D eigenvalue weighted by molar-refractivity contribution is 6.31. The molecule has 0 amide bonds. The highest BCUT2D eigenvalue weighted by Gasteiger charge is 2.23. The van der Waals surface area contributed by atoms with Crippen molar-refractivity contribution >= 4 is 17.3 Å². The number of hydrogen-bond donors (Lipinski definition) is 0. The van der Waals surface area contributed by atoms with E-state index in [0.717, 1.165) is 29.7 Å². The van der Waals surface area contributed by atoms with Gasteiger partial charge in [-0.05, 0) is 42.7 Å². The lowest BCUT2D eigenvalue weighted by atomic mass is 9.97. The molecule has 0 aliphatic carbocycles. The lowest BCUT2D eigenvalue weighted by Crippen LogP contribution is -2.15. The average molecular weight is 383 g/mol. The van der Waals surface area contributed by atoms with Crippen molar-refractivity contribution in [2.45, 2.75) is 18.9 Å². The molecule has 27 heavy (non-hydrogen) atoms. The fraction of sp³-hybridized carbons (Fsp3) is 0.150. The van der Waals surface area contributed by atoms with Crippen LogP contribution in [-0.2, 0) is 6.42 Å². The van der Waals surface area contributed by atoms with Gasteiger partial charge >= 0.3 is 0 Å². The quantitative estimate of drug-likeness (QED) is 0.439. The van der Waals surface area contributed by atoms with Gasteiger partial charge in [-0.25, -0.2) is 4.98 Å². The highest BCUT2D eigenvalue weighted by atomic mass is 35.5. The summed E-state index contributed by atoms with van der Waals surface area (Å²) in [7, 11) is 0. The van der Waals surface area contributed by atoms with Gasteiger partial charge in [-0.15, -0.1) is 0 Å². The number of pyridine rings is 1. The maximum absolute atomic E-state index is 10.7. The standard InChI is InChI=1S/C20H15ClN2O4/c21-17-4-2-1-3-16(17)19-8-5-13-11-15(7-9-18(13)27-19)26-20-10-6-14(12-22-20)23(24)25/h1-4,6-7,9-12,19H,5,8H2. The third kappa shape index (κ3) is 3.71. The zero-order valence-corrected chi connectivity index (χ0v) is 14.9. The summed E-state index contributed by atoms with van der Waals surface area (Å²) in [5.41, 5.74) is 1.95.